The van der Waals surface area contributed by atoms with Crippen LogP contribution in [0.25, 0.3) is 11.0 Å². The average Bonchev–Trinajstić information content (AvgIpc) is 2.47. The molecule has 0 bridgehead atoms. The summed E-state index contributed by atoms with van der Waals surface area (Å²) in [5, 5.41) is 0.751. The van der Waals surface area contributed by atoms with Gasteiger partial charge in [0.25, 0.3) is 0 Å². The molecule has 1 atom stereocenters. The number of Topliss-reactive ketones (excluding diaryl/α,β-unsaturated/α-hetero) is 1. The number of ketones is 1. The smallest absolute Gasteiger partial charge is 0.347 e. The number of hydrogen-bond acceptors (Lipinski definition) is 4. The molecule has 3 rings (SSSR count). The van der Waals surface area contributed by atoms with Crippen LogP contribution in [0.2, 0.25) is 0 Å². The van der Waals surface area contributed by atoms with Crippen molar-refractivity contribution >= 4 is 16.8 Å². The SMILES string of the molecule is O=C(c1cc2ccccc2oc1=O)C1CCCCO1. The Labute approximate surface area is 110 Å². The van der Waals surface area contributed by atoms with Gasteiger partial charge in [0.05, 0.1) is 0 Å². The van der Waals surface area contributed by atoms with Gasteiger partial charge in [-0.3, -0.25) is 4.79 Å². The predicted molar refractivity (Wildman–Crippen MR) is 70.4 cm³/mol. The van der Waals surface area contributed by atoms with Gasteiger partial charge in [0.2, 0.25) is 0 Å². The lowest BCUT2D eigenvalue weighted by Crippen LogP contribution is -2.31. The summed E-state index contributed by atoms with van der Waals surface area (Å²) in [6.45, 7) is 0.579. The fourth-order valence-corrected chi connectivity index (χ4v) is 2.35. The molecule has 0 spiro atoms. The van der Waals surface area contributed by atoms with E-state index in [2.05, 4.69) is 0 Å². The molecule has 0 saturated carbocycles. The van der Waals surface area contributed by atoms with Crippen LogP contribution in [0.4, 0.5) is 0 Å². The van der Waals surface area contributed by atoms with E-state index in [9.17, 15) is 9.59 Å². The van der Waals surface area contributed by atoms with Gasteiger partial charge in [-0.15, -0.1) is 0 Å². The standard InChI is InChI=1S/C15H14O4/c16-14(13-7-3-4-8-18-13)11-9-10-5-1-2-6-12(10)19-15(11)17/h1-2,5-6,9,13H,3-4,7-8H2. The molecule has 2 heterocycles. The monoisotopic (exact) mass is 258 g/mol. The van der Waals surface area contributed by atoms with E-state index >= 15 is 0 Å². The Morgan fingerprint density at radius 1 is 1.21 bits per heavy atom. The molecule has 4 nitrogen and oxygen atoms in total. The summed E-state index contributed by atoms with van der Waals surface area (Å²) in [4.78, 5) is 24.2. The number of benzene rings is 1. The van der Waals surface area contributed by atoms with Crippen molar-refractivity contribution in [2.24, 2.45) is 0 Å². The van der Waals surface area contributed by atoms with Crippen molar-refractivity contribution in [3.8, 4) is 0 Å². The van der Waals surface area contributed by atoms with Crippen LogP contribution in [0.5, 0.6) is 0 Å². The second kappa shape index (κ2) is 4.97. The Balaban J connectivity index is 2.01. The minimum atomic E-state index is -0.585. The molecule has 1 aromatic heterocycles. The van der Waals surface area contributed by atoms with Gasteiger partial charge in [0.15, 0.2) is 5.78 Å². The highest BCUT2D eigenvalue weighted by Crippen LogP contribution is 2.18. The molecule has 1 aliphatic heterocycles. The Hall–Kier alpha value is -1.94. The molecule has 19 heavy (non-hydrogen) atoms. The summed E-state index contributed by atoms with van der Waals surface area (Å²) in [5.41, 5.74) is -0.00270. The zero-order valence-electron chi connectivity index (χ0n) is 10.4. The highest BCUT2D eigenvalue weighted by Gasteiger charge is 2.26. The third kappa shape index (κ3) is 2.31. The van der Waals surface area contributed by atoms with Gasteiger partial charge in [-0.1, -0.05) is 18.2 Å². The third-order valence-corrected chi connectivity index (χ3v) is 3.38. The second-order valence-electron chi connectivity index (χ2n) is 4.70. The number of ether oxygens (including phenoxy) is 1. The summed E-state index contributed by atoms with van der Waals surface area (Å²) >= 11 is 0. The molecule has 2 aromatic rings. The summed E-state index contributed by atoms with van der Waals surface area (Å²) in [7, 11) is 0. The Bertz CT molecular complexity index is 665. The number of hydrogen-bond donors (Lipinski definition) is 0. The summed E-state index contributed by atoms with van der Waals surface area (Å²) < 4.78 is 10.6. The Morgan fingerprint density at radius 2 is 2.05 bits per heavy atom. The Kier molecular flexibility index (Phi) is 3.17. The molecule has 1 unspecified atom stereocenters. The first-order valence-corrected chi connectivity index (χ1v) is 6.44. The van der Waals surface area contributed by atoms with Crippen LogP contribution in [-0.4, -0.2) is 18.5 Å². The molecular formula is C15H14O4. The van der Waals surface area contributed by atoms with Gasteiger partial charge < -0.3 is 9.15 Å². The largest absolute Gasteiger partial charge is 0.422 e. The van der Waals surface area contributed by atoms with Crippen LogP contribution in [0.1, 0.15) is 29.6 Å². The molecule has 0 aliphatic carbocycles. The van der Waals surface area contributed by atoms with Gasteiger partial charge in [-0.25, -0.2) is 4.79 Å². The number of carbonyl (C=O) groups excluding carboxylic acids is 1. The summed E-state index contributed by atoms with van der Waals surface area (Å²) in [5.74, 6) is -0.265. The molecule has 1 aromatic carbocycles. The van der Waals surface area contributed by atoms with Crippen molar-refractivity contribution in [2.45, 2.75) is 25.4 Å². The first kappa shape index (κ1) is 12.1. The number of fused-ring (bicyclic) bond motifs is 1. The summed E-state index contributed by atoms with van der Waals surface area (Å²) in [6, 6.07) is 8.76. The normalized spacial score (nSPS) is 19.5. The molecule has 0 N–H and O–H groups in total. The van der Waals surface area contributed by atoms with Crippen molar-refractivity contribution in [1.29, 1.82) is 0 Å². The summed E-state index contributed by atoms with van der Waals surface area (Å²) in [6.07, 6.45) is 2.09. The lowest BCUT2D eigenvalue weighted by molar-refractivity contribution is 0.0184. The maximum absolute atomic E-state index is 12.3. The van der Waals surface area contributed by atoms with E-state index < -0.39 is 11.7 Å². The van der Waals surface area contributed by atoms with E-state index in [-0.39, 0.29) is 11.3 Å². The lowest BCUT2D eigenvalue weighted by atomic mass is 10.0. The van der Waals surface area contributed by atoms with E-state index in [1.807, 2.05) is 12.1 Å². The minimum absolute atomic E-state index is 0.0885. The Morgan fingerprint density at radius 3 is 2.84 bits per heavy atom. The van der Waals surface area contributed by atoms with E-state index in [4.69, 9.17) is 9.15 Å². The average molecular weight is 258 g/mol. The highest BCUT2D eigenvalue weighted by atomic mass is 16.5. The van der Waals surface area contributed by atoms with Gasteiger partial charge >= 0.3 is 5.63 Å². The fraction of sp³-hybridized carbons (Fsp3) is 0.333. The third-order valence-electron chi connectivity index (χ3n) is 3.38. The van der Waals surface area contributed by atoms with Crippen molar-refractivity contribution < 1.29 is 13.9 Å². The quantitative estimate of drug-likeness (QED) is 0.613. The van der Waals surface area contributed by atoms with Crippen LogP contribution in [-0.2, 0) is 4.74 Å². The molecule has 1 saturated heterocycles. The van der Waals surface area contributed by atoms with E-state index in [0.717, 1.165) is 18.2 Å². The minimum Gasteiger partial charge on any atom is -0.422 e. The lowest BCUT2D eigenvalue weighted by Gasteiger charge is -2.20. The van der Waals surface area contributed by atoms with Crippen LogP contribution in [0.15, 0.2) is 39.5 Å². The maximum Gasteiger partial charge on any atom is 0.347 e. The zero-order valence-corrected chi connectivity index (χ0v) is 10.4. The van der Waals surface area contributed by atoms with Gasteiger partial charge in [0, 0.05) is 12.0 Å². The topological polar surface area (TPSA) is 56.5 Å². The van der Waals surface area contributed by atoms with Crippen LogP contribution in [0.3, 0.4) is 0 Å². The van der Waals surface area contributed by atoms with Gasteiger partial charge in [-0.05, 0) is 31.4 Å². The molecule has 98 valence electrons. The fourth-order valence-electron chi connectivity index (χ4n) is 2.35. The molecule has 0 amide bonds. The maximum atomic E-state index is 12.3. The number of rotatable bonds is 2. The number of para-hydroxylation sites is 1. The zero-order chi connectivity index (χ0) is 13.2. The van der Waals surface area contributed by atoms with Crippen molar-refractivity contribution in [3.63, 3.8) is 0 Å². The molecule has 0 radical (unpaired) electrons. The molecular weight excluding hydrogens is 244 g/mol. The predicted octanol–water partition coefficient (Wildman–Crippen LogP) is 2.54. The van der Waals surface area contributed by atoms with Crippen LogP contribution >= 0.6 is 0 Å². The van der Waals surface area contributed by atoms with Crippen molar-refractivity contribution in [3.05, 3.63) is 46.3 Å². The second-order valence-corrected chi connectivity index (χ2v) is 4.70. The number of carbonyl (C=O) groups is 1. The van der Waals surface area contributed by atoms with Crippen molar-refractivity contribution in [2.75, 3.05) is 6.61 Å². The van der Waals surface area contributed by atoms with E-state index in [1.54, 1.807) is 18.2 Å². The van der Waals surface area contributed by atoms with E-state index in [0.29, 0.717) is 18.6 Å². The van der Waals surface area contributed by atoms with E-state index in [1.165, 1.54) is 0 Å². The van der Waals surface area contributed by atoms with Gasteiger partial charge in [0.1, 0.15) is 17.3 Å². The van der Waals surface area contributed by atoms with Crippen molar-refractivity contribution in [1.82, 2.24) is 0 Å². The molecule has 4 heteroatoms. The first-order chi connectivity index (χ1) is 9.25. The first-order valence-electron chi connectivity index (χ1n) is 6.44. The van der Waals surface area contributed by atoms with Crippen LogP contribution < -0.4 is 5.63 Å². The molecule has 1 aliphatic rings. The van der Waals surface area contributed by atoms with Crippen LogP contribution in [0, 0.1) is 0 Å². The molecule has 1 fully saturated rings. The van der Waals surface area contributed by atoms with Gasteiger partial charge in [-0.2, -0.15) is 0 Å². The highest BCUT2D eigenvalue weighted by molar-refractivity contribution is 6.01.